The van der Waals surface area contributed by atoms with Crippen molar-refractivity contribution in [3.8, 4) is 0 Å². The number of carbonyl (C=O) groups excluding carboxylic acids is 1. The Morgan fingerprint density at radius 2 is 1.96 bits per heavy atom. The second kappa shape index (κ2) is 7.17. The fraction of sp³-hybridized carbons (Fsp3) is 0.158. The Balaban J connectivity index is 1.67. The molecule has 1 amide bonds. The summed E-state index contributed by atoms with van der Waals surface area (Å²) in [5, 5.41) is 13.0. The van der Waals surface area contributed by atoms with E-state index in [0.717, 1.165) is 10.9 Å². The smallest absolute Gasteiger partial charge is 0.308 e. The van der Waals surface area contributed by atoms with Crippen molar-refractivity contribution in [2.24, 2.45) is 5.92 Å². The number of carboxylic acids is 1. The first kappa shape index (κ1) is 16.7. The third-order valence-corrected chi connectivity index (χ3v) is 4.10. The number of rotatable bonds is 6. The van der Waals surface area contributed by atoms with Gasteiger partial charge in [0, 0.05) is 23.8 Å². The number of amides is 1. The van der Waals surface area contributed by atoms with Gasteiger partial charge < -0.3 is 15.4 Å². The summed E-state index contributed by atoms with van der Waals surface area (Å²) in [5.74, 6) is -2.80. The number of benzene rings is 2. The van der Waals surface area contributed by atoms with E-state index in [1.54, 1.807) is 36.5 Å². The minimum Gasteiger partial charge on any atom is -0.481 e. The van der Waals surface area contributed by atoms with Crippen LogP contribution in [-0.4, -0.2) is 28.5 Å². The number of halogens is 1. The van der Waals surface area contributed by atoms with E-state index in [4.69, 9.17) is 0 Å². The highest BCUT2D eigenvalue weighted by atomic mass is 19.1. The highest BCUT2D eigenvalue weighted by Gasteiger charge is 2.21. The van der Waals surface area contributed by atoms with E-state index in [9.17, 15) is 19.1 Å². The molecule has 0 aliphatic carbocycles. The van der Waals surface area contributed by atoms with Crippen LogP contribution in [0.3, 0.4) is 0 Å². The van der Waals surface area contributed by atoms with Gasteiger partial charge in [-0.25, -0.2) is 4.39 Å². The summed E-state index contributed by atoms with van der Waals surface area (Å²) in [6.07, 6.45) is 1.79. The summed E-state index contributed by atoms with van der Waals surface area (Å²) >= 11 is 0. The number of hydrogen-bond acceptors (Lipinski definition) is 2. The van der Waals surface area contributed by atoms with E-state index in [0.29, 0.717) is 11.1 Å². The molecular formula is C19H17FN2O3. The molecule has 0 spiro atoms. The number of H-pyrrole nitrogens is 1. The quantitative estimate of drug-likeness (QED) is 0.645. The number of carboxylic acid groups (broad SMARTS) is 1. The normalized spacial score (nSPS) is 12.0. The van der Waals surface area contributed by atoms with Crippen molar-refractivity contribution in [1.29, 1.82) is 0 Å². The zero-order chi connectivity index (χ0) is 17.8. The Kier molecular flexibility index (Phi) is 4.79. The van der Waals surface area contributed by atoms with Gasteiger partial charge in [-0.2, -0.15) is 0 Å². The summed E-state index contributed by atoms with van der Waals surface area (Å²) in [4.78, 5) is 26.7. The zero-order valence-corrected chi connectivity index (χ0v) is 13.3. The number of fused-ring (bicyclic) bond motifs is 1. The maximum absolute atomic E-state index is 13.7. The van der Waals surface area contributed by atoms with Crippen LogP contribution < -0.4 is 5.32 Å². The van der Waals surface area contributed by atoms with Crippen LogP contribution in [0.5, 0.6) is 0 Å². The van der Waals surface area contributed by atoms with Gasteiger partial charge in [-0.3, -0.25) is 9.59 Å². The lowest BCUT2D eigenvalue weighted by atomic mass is 9.99. The number of aromatic nitrogens is 1. The molecular weight excluding hydrogens is 323 g/mol. The average molecular weight is 340 g/mol. The van der Waals surface area contributed by atoms with Gasteiger partial charge in [0.25, 0.3) is 5.91 Å². The minimum absolute atomic E-state index is 0.0119. The fourth-order valence-corrected chi connectivity index (χ4v) is 2.68. The van der Waals surface area contributed by atoms with Gasteiger partial charge in [0.1, 0.15) is 5.82 Å². The van der Waals surface area contributed by atoms with E-state index in [-0.39, 0.29) is 18.9 Å². The molecule has 0 unspecified atom stereocenters. The molecule has 0 radical (unpaired) electrons. The molecule has 25 heavy (non-hydrogen) atoms. The first-order chi connectivity index (χ1) is 12.0. The predicted molar refractivity (Wildman–Crippen MR) is 91.9 cm³/mol. The Hall–Kier alpha value is -3.15. The topological polar surface area (TPSA) is 82.2 Å². The number of aromatic amines is 1. The summed E-state index contributed by atoms with van der Waals surface area (Å²) in [5.41, 5.74) is 1.58. The van der Waals surface area contributed by atoms with E-state index in [2.05, 4.69) is 10.3 Å². The second-order valence-electron chi connectivity index (χ2n) is 5.82. The standard InChI is InChI=1S/C19H17FN2O3/c20-16-4-2-1-3-13(16)9-15(19(24)25)11-22-18(23)14-6-5-12-7-8-21-17(12)10-14/h1-8,10,15,21H,9,11H2,(H,22,23)(H,24,25)/t15-/m1/s1. The molecule has 0 fully saturated rings. The van der Waals surface area contributed by atoms with Crippen LogP contribution in [0.2, 0.25) is 0 Å². The first-order valence-electron chi connectivity index (χ1n) is 7.86. The van der Waals surface area contributed by atoms with Crippen LogP contribution in [0.25, 0.3) is 10.9 Å². The van der Waals surface area contributed by atoms with Crippen molar-refractivity contribution < 1.29 is 19.1 Å². The molecule has 1 atom stereocenters. The van der Waals surface area contributed by atoms with Crippen LogP contribution in [0.1, 0.15) is 15.9 Å². The van der Waals surface area contributed by atoms with Crippen LogP contribution in [-0.2, 0) is 11.2 Å². The average Bonchev–Trinajstić information content (AvgIpc) is 3.07. The predicted octanol–water partition coefficient (Wildman–Crippen LogP) is 2.98. The SMILES string of the molecule is O=C(NC[C@@H](Cc1ccccc1F)C(=O)O)c1ccc2cc[nH]c2c1. The van der Waals surface area contributed by atoms with Crippen molar-refractivity contribution >= 4 is 22.8 Å². The molecule has 3 aromatic rings. The first-order valence-corrected chi connectivity index (χ1v) is 7.86. The number of hydrogen-bond donors (Lipinski definition) is 3. The van der Waals surface area contributed by atoms with Crippen molar-refractivity contribution in [1.82, 2.24) is 10.3 Å². The largest absolute Gasteiger partial charge is 0.481 e. The van der Waals surface area contributed by atoms with Crippen LogP contribution in [0.15, 0.2) is 54.7 Å². The van der Waals surface area contributed by atoms with Crippen molar-refractivity contribution in [3.05, 3.63) is 71.7 Å². The van der Waals surface area contributed by atoms with Gasteiger partial charge in [-0.15, -0.1) is 0 Å². The lowest BCUT2D eigenvalue weighted by Gasteiger charge is -2.14. The van der Waals surface area contributed by atoms with Gasteiger partial charge in [-0.1, -0.05) is 24.3 Å². The van der Waals surface area contributed by atoms with Gasteiger partial charge in [-0.05, 0) is 41.6 Å². The lowest BCUT2D eigenvalue weighted by molar-refractivity contribution is -0.141. The van der Waals surface area contributed by atoms with Crippen molar-refractivity contribution in [3.63, 3.8) is 0 Å². The highest BCUT2D eigenvalue weighted by Crippen LogP contribution is 2.15. The van der Waals surface area contributed by atoms with Crippen molar-refractivity contribution in [2.45, 2.75) is 6.42 Å². The van der Waals surface area contributed by atoms with Crippen LogP contribution in [0.4, 0.5) is 4.39 Å². The molecule has 0 aliphatic heterocycles. The fourth-order valence-electron chi connectivity index (χ4n) is 2.68. The van der Waals surface area contributed by atoms with E-state index >= 15 is 0 Å². The second-order valence-corrected chi connectivity index (χ2v) is 5.82. The minimum atomic E-state index is -1.08. The molecule has 0 saturated carbocycles. The molecule has 128 valence electrons. The third-order valence-electron chi connectivity index (χ3n) is 4.10. The van der Waals surface area contributed by atoms with E-state index in [1.807, 2.05) is 12.1 Å². The van der Waals surface area contributed by atoms with Crippen LogP contribution in [0, 0.1) is 11.7 Å². The molecule has 1 heterocycles. The molecule has 3 N–H and O–H groups in total. The molecule has 3 rings (SSSR count). The summed E-state index contributed by atoms with van der Waals surface area (Å²) in [6.45, 7) is -0.0781. The molecule has 6 heteroatoms. The molecule has 0 bridgehead atoms. The molecule has 0 saturated heterocycles. The Bertz CT molecular complexity index is 920. The van der Waals surface area contributed by atoms with E-state index in [1.165, 1.54) is 6.07 Å². The van der Waals surface area contributed by atoms with Crippen molar-refractivity contribution in [2.75, 3.05) is 6.54 Å². The highest BCUT2D eigenvalue weighted by molar-refractivity contribution is 5.98. The monoisotopic (exact) mass is 340 g/mol. The van der Waals surface area contributed by atoms with Gasteiger partial charge in [0.2, 0.25) is 0 Å². The van der Waals surface area contributed by atoms with Gasteiger partial charge in [0.15, 0.2) is 0 Å². The lowest BCUT2D eigenvalue weighted by Crippen LogP contribution is -2.34. The molecule has 2 aromatic carbocycles. The molecule has 1 aromatic heterocycles. The number of nitrogens with one attached hydrogen (secondary N) is 2. The molecule has 5 nitrogen and oxygen atoms in total. The summed E-state index contributed by atoms with van der Waals surface area (Å²) < 4.78 is 13.7. The van der Waals surface area contributed by atoms with E-state index < -0.39 is 17.7 Å². The number of carbonyl (C=O) groups is 2. The Morgan fingerprint density at radius 3 is 2.72 bits per heavy atom. The molecule has 0 aliphatic rings. The Morgan fingerprint density at radius 1 is 1.16 bits per heavy atom. The van der Waals surface area contributed by atoms with Crippen LogP contribution >= 0.6 is 0 Å². The maximum Gasteiger partial charge on any atom is 0.308 e. The third kappa shape index (κ3) is 3.85. The maximum atomic E-state index is 13.7. The zero-order valence-electron chi connectivity index (χ0n) is 13.3. The van der Waals surface area contributed by atoms with Gasteiger partial charge in [0.05, 0.1) is 5.92 Å². The number of aliphatic carboxylic acids is 1. The Labute approximate surface area is 143 Å². The summed E-state index contributed by atoms with van der Waals surface area (Å²) in [6, 6.07) is 13.1. The van der Waals surface area contributed by atoms with Gasteiger partial charge >= 0.3 is 5.97 Å². The summed E-state index contributed by atoms with van der Waals surface area (Å²) in [7, 11) is 0.